The summed E-state index contributed by atoms with van der Waals surface area (Å²) in [4.78, 5) is 22.7. The number of amides is 1. The van der Waals surface area contributed by atoms with Gasteiger partial charge in [-0.2, -0.15) is 0 Å². The Balaban J connectivity index is 2.44. The highest BCUT2D eigenvalue weighted by molar-refractivity contribution is 5.75. The highest BCUT2D eigenvalue weighted by atomic mass is 16.6. The maximum atomic E-state index is 11.6. The molecule has 0 aromatic heterocycles. The van der Waals surface area contributed by atoms with Gasteiger partial charge >= 0.3 is 12.1 Å². The monoisotopic (exact) mass is 363 g/mol. The van der Waals surface area contributed by atoms with Gasteiger partial charge in [-0.05, 0) is 63.5 Å². The molecule has 1 aromatic carbocycles. The quantitative estimate of drug-likeness (QED) is 0.654. The molecule has 0 radical (unpaired) electrons. The zero-order valence-corrected chi connectivity index (χ0v) is 16.9. The van der Waals surface area contributed by atoms with Gasteiger partial charge in [-0.15, -0.1) is 0 Å². The Labute approximate surface area is 157 Å². The Morgan fingerprint density at radius 1 is 1.12 bits per heavy atom. The molecule has 26 heavy (non-hydrogen) atoms. The van der Waals surface area contributed by atoms with Crippen LogP contribution in [0, 0.1) is 5.41 Å². The molecular weight excluding hydrogens is 330 g/mol. The van der Waals surface area contributed by atoms with Crippen molar-refractivity contribution in [2.45, 2.75) is 72.3 Å². The van der Waals surface area contributed by atoms with E-state index in [1.54, 1.807) is 6.92 Å². The van der Waals surface area contributed by atoms with Crippen molar-refractivity contribution in [3.63, 3.8) is 0 Å². The molecule has 1 aromatic rings. The molecular formula is C21H33NO4. The zero-order valence-electron chi connectivity index (χ0n) is 16.9. The van der Waals surface area contributed by atoms with Crippen molar-refractivity contribution < 1.29 is 19.4 Å². The van der Waals surface area contributed by atoms with Gasteiger partial charge in [0.05, 0.1) is 5.92 Å². The average molecular weight is 363 g/mol. The summed E-state index contributed by atoms with van der Waals surface area (Å²) >= 11 is 0. The van der Waals surface area contributed by atoms with Crippen LogP contribution >= 0.6 is 0 Å². The van der Waals surface area contributed by atoms with Crippen molar-refractivity contribution in [1.82, 2.24) is 5.32 Å². The smallest absolute Gasteiger partial charge is 0.407 e. The van der Waals surface area contributed by atoms with E-state index >= 15 is 0 Å². The predicted molar refractivity (Wildman–Crippen MR) is 103 cm³/mol. The maximum absolute atomic E-state index is 11.6. The van der Waals surface area contributed by atoms with Gasteiger partial charge in [0.25, 0.3) is 0 Å². The van der Waals surface area contributed by atoms with Crippen LogP contribution in [0.25, 0.3) is 0 Å². The molecule has 146 valence electrons. The van der Waals surface area contributed by atoms with E-state index in [1.165, 1.54) is 5.56 Å². The number of hydrogen-bond acceptors (Lipinski definition) is 3. The summed E-state index contributed by atoms with van der Waals surface area (Å²) in [7, 11) is 0. The molecule has 1 amide bonds. The van der Waals surface area contributed by atoms with E-state index in [0.717, 1.165) is 24.8 Å². The summed E-state index contributed by atoms with van der Waals surface area (Å²) in [6.07, 6.45) is 2.37. The van der Waals surface area contributed by atoms with E-state index in [2.05, 4.69) is 19.2 Å². The van der Waals surface area contributed by atoms with Gasteiger partial charge < -0.3 is 15.2 Å². The van der Waals surface area contributed by atoms with Crippen LogP contribution in [0.4, 0.5) is 4.79 Å². The van der Waals surface area contributed by atoms with Gasteiger partial charge in [-0.3, -0.25) is 4.79 Å². The Hall–Kier alpha value is -2.04. The summed E-state index contributed by atoms with van der Waals surface area (Å²) in [5, 5.41) is 11.9. The summed E-state index contributed by atoms with van der Waals surface area (Å²) in [6, 6.07) is 7.81. The highest BCUT2D eigenvalue weighted by Gasteiger charge is 2.20. The molecule has 1 atom stereocenters. The van der Waals surface area contributed by atoms with Crippen molar-refractivity contribution in [2.24, 2.45) is 5.41 Å². The van der Waals surface area contributed by atoms with Gasteiger partial charge in [-0.25, -0.2) is 4.79 Å². The molecule has 1 unspecified atom stereocenters. The molecule has 2 N–H and O–H groups in total. The highest BCUT2D eigenvalue weighted by Crippen LogP contribution is 2.28. The van der Waals surface area contributed by atoms with Gasteiger partial charge in [0.1, 0.15) is 5.60 Å². The number of carboxylic acid groups (broad SMARTS) is 1. The number of alkyl carbamates (subject to hydrolysis) is 1. The number of carboxylic acids is 1. The minimum absolute atomic E-state index is 0.0928. The molecule has 0 saturated heterocycles. The van der Waals surface area contributed by atoms with Crippen molar-refractivity contribution in [2.75, 3.05) is 6.54 Å². The molecule has 0 saturated carbocycles. The Morgan fingerprint density at radius 2 is 1.69 bits per heavy atom. The van der Waals surface area contributed by atoms with Crippen molar-refractivity contribution in [3.8, 4) is 0 Å². The molecule has 1 rings (SSSR count). The van der Waals surface area contributed by atoms with Crippen LogP contribution in [0.2, 0.25) is 0 Å². The lowest BCUT2D eigenvalue weighted by Gasteiger charge is -2.25. The standard InChI is InChI=1S/C21H33NO4/c1-15(18(23)24)17-10-8-16(9-11-17)14-21(5,6)12-7-13-22-19(25)26-20(2,3)4/h8-11,15H,7,12-14H2,1-6H3,(H,22,25)(H,23,24). The van der Waals surface area contributed by atoms with E-state index in [0.29, 0.717) is 6.54 Å². The summed E-state index contributed by atoms with van der Waals surface area (Å²) in [6.45, 7) is 12.2. The number of hydrogen-bond donors (Lipinski definition) is 2. The van der Waals surface area contributed by atoms with Crippen molar-refractivity contribution in [3.05, 3.63) is 35.4 Å². The van der Waals surface area contributed by atoms with Crippen LogP contribution in [0.1, 0.15) is 71.4 Å². The molecule has 0 heterocycles. The molecule has 0 bridgehead atoms. The average Bonchev–Trinajstić information content (AvgIpc) is 2.49. The van der Waals surface area contributed by atoms with Gasteiger partial charge in [-0.1, -0.05) is 38.1 Å². The van der Waals surface area contributed by atoms with Crippen LogP contribution in [0.5, 0.6) is 0 Å². The number of nitrogens with one attached hydrogen (secondary N) is 1. The maximum Gasteiger partial charge on any atom is 0.407 e. The first kappa shape index (κ1) is 22.0. The third-order valence-electron chi connectivity index (χ3n) is 4.23. The fourth-order valence-electron chi connectivity index (χ4n) is 2.78. The number of aliphatic carboxylic acids is 1. The second kappa shape index (κ2) is 9.06. The van der Waals surface area contributed by atoms with Crippen molar-refractivity contribution >= 4 is 12.1 Å². The molecule has 0 aliphatic rings. The topological polar surface area (TPSA) is 75.6 Å². The number of ether oxygens (including phenoxy) is 1. The molecule has 0 fully saturated rings. The molecule has 0 aliphatic heterocycles. The summed E-state index contributed by atoms with van der Waals surface area (Å²) in [5.74, 6) is -1.30. The van der Waals surface area contributed by atoms with Crippen LogP contribution < -0.4 is 5.32 Å². The zero-order chi connectivity index (χ0) is 20.0. The Morgan fingerprint density at radius 3 is 2.19 bits per heavy atom. The third kappa shape index (κ3) is 8.37. The van der Waals surface area contributed by atoms with E-state index in [4.69, 9.17) is 9.84 Å². The molecule has 5 heteroatoms. The largest absolute Gasteiger partial charge is 0.481 e. The van der Waals surface area contributed by atoms with E-state index in [1.807, 2.05) is 45.0 Å². The van der Waals surface area contributed by atoms with Crippen LogP contribution in [-0.2, 0) is 16.0 Å². The normalized spacial score (nSPS) is 13.2. The Bertz CT molecular complexity index is 599. The van der Waals surface area contributed by atoms with Crippen LogP contribution in [0.15, 0.2) is 24.3 Å². The lowest BCUT2D eigenvalue weighted by atomic mass is 9.81. The first-order chi connectivity index (χ1) is 11.9. The second-order valence-corrected chi connectivity index (χ2v) is 8.67. The fraction of sp³-hybridized carbons (Fsp3) is 0.619. The summed E-state index contributed by atoms with van der Waals surface area (Å²) in [5.41, 5.74) is 1.63. The minimum Gasteiger partial charge on any atom is -0.481 e. The van der Waals surface area contributed by atoms with E-state index < -0.39 is 17.5 Å². The number of benzene rings is 1. The number of rotatable bonds is 8. The van der Waals surface area contributed by atoms with E-state index in [-0.39, 0.29) is 11.5 Å². The first-order valence-corrected chi connectivity index (χ1v) is 9.18. The first-order valence-electron chi connectivity index (χ1n) is 9.18. The fourth-order valence-corrected chi connectivity index (χ4v) is 2.78. The molecule has 0 aliphatic carbocycles. The predicted octanol–water partition coefficient (Wildman–Crippen LogP) is 4.75. The van der Waals surface area contributed by atoms with Crippen LogP contribution in [-0.4, -0.2) is 29.3 Å². The number of carbonyl (C=O) groups excluding carboxylic acids is 1. The van der Waals surface area contributed by atoms with Gasteiger partial charge in [0.2, 0.25) is 0 Å². The number of carbonyl (C=O) groups is 2. The molecule has 0 spiro atoms. The summed E-state index contributed by atoms with van der Waals surface area (Å²) < 4.78 is 5.22. The van der Waals surface area contributed by atoms with Gasteiger partial charge in [0.15, 0.2) is 0 Å². The van der Waals surface area contributed by atoms with E-state index in [9.17, 15) is 9.59 Å². The lowest BCUT2D eigenvalue weighted by molar-refractivity contribution is -0.138. The van der Waals surface area contributed by atoms with Crippen LogP contribution in [0.3, 0.4) is 0 Å². The second-order valence-electron chi connectivity index (χ2n) is 8.67. The SMILES string of the molecule is CC(C(=O)O)c1ccc(CC(C)(C)CCCNC(=O)OC(C)(C)C)cc1. The Kier molecular flexibility index (Phi) is 7.67. The lowest BCUT2D eigenvalue weighted by Crippen LogP contribution is -2.33. The third-order valence-corrected chi connectivity index (χ3v) is 4.23. The minimum atomic E-state index is -0.810. The molecule has 5 nitrogen and oxygen atoms in total. The van der Waals surface area contributed by atoms with Gasteiger partial charge in [0, 0.05) is 6.54 Å². The van der Waals surface area contributed by atoms with Crippen molar-refractivity contribution in [1.29, 1.82) is 0 Å².